The number of hydrogen-bond donors (Lipinski definition) is 1. The molecule has 1 aliphatic carbocycles. The summed E-state index contributed by atoms with van der Waals surface area (Å²) in [7, 11) is 3.30. The molecule has 1 aromatic carbocycles. The first-order valence-electron chi connectivity index (χ1n) is 6.15. The van der Waals surface area contributed by atoms with Crippen molar-refractivity contribution in [2.45, 2.75) is 13.3 Å². The van der Waals surface area contributed by atoms with Crippen molar-refractivity contribution in [3.63, 3.8) is 0 Å². The van der Waals surface area contributed by atoms with Crippen molar-refractivity contribution < 1.29 is 14.6 Å². The van der Waals surface area contributed by atoms with Crippen LogP contribution < -0.4 is 4.74 Å². The zero-order valence-electron chi connectivity index (χ0n) is 11.0. The molecule has 0 saturated heterocycles. The molecule has 0 aliphatic heterocycles. The maximum atomic E-state index is 12.2. The summed E-state index contributed by atoms with van der Waals surface area (Å²) >= 11 is 0. The largest absolute Gasteiger partial charge is 0.507 e. The minimum absolute atomic E-state index is 0.0324. The normalized spacial score (nSPS) is 21.5. The van der Waals surface area contributed by atoms with E-state index < -0.39 is 0 Å². The molecule has 0 radical (unpaired) electrons. The van der Waals surface area contributed by atoms with Gasteiger partial charge in [0.05, 0.1) is 12.7 Å². The lowest BCUT2D eigenvalue weighted by Gasteiger charge is -2.18. The lowest BCUT2D eigenvalue weighted by molar-refractivity contribution is 0.0784. The van der Waals surface area contributed by atoms with Crippen molar-refractivity contribution >= 4 is 5.91 Å². The Kier molecular flexibility index (Phi) is 3.45. The zero-order chi connectivity index (χ0) is 13.3. The molecular formula is C14H19NO3. The number of amides is 1. The van der Waals surface area contributed by atoms with Crippen LogP contribution in [0.4, 0.5) is 0 Å². The van der Waals surface area contributed by atoms with E-state index in [9.17, 15) is 9.90 Å². The molecule has 4 heteroatoms. The van der Waals surface area contributed by atoms with Gasteiger partial charge in [0.1, 0.15) is 11.5 Å². The van der Waals surface area contributed by atoms with Gasteiger partial charge in [-0.15, -0.1) is 0 Å². The first-order chi connectivity index (χ1) is 8.52. The maximum absolute atomic E-state index is 12.2. The SMILES string of the molecule is COc1ccc(C(=O)N(C)CC2CC2C)c(O)c1. The third-order valence-corrected chi connectivity index (χ3v) is 3.57. The Morgan fingerprint density at radius 3 is 2.72 bits per heavy atom. The number of benzene rings is 1. The van der Waals surface area contributed by atoms with E-state index in [0.717, 1.165) is 6.54 Å². The van der Waals surface area contributed by atoms with Gasteiger partial charge in [0.25, 0.3) is 5.91 Å². The number of hydrogen-bond acceptors (Lipinski definition) is 3. The number of methoxy groups -OCH3 is 1. The van der Waals surface area contributed by atoms with Gasteiger partial charge in [-0.2, -0.15) is 0 Å². The standard InChI is InChI=1S/C14H19NO3/c1-9-6-10(9)8-15(2)14(17)12-5-4-11(18-3)7-13(12)16/h4-5,7,9-10,16H,6,8H2,1-3H3. The van der Waals surface area contributed by atoms with E-state index in [4.69, 9.17) is 4.74 Å². The summed E-state index contributed by atoms with van der Waals surface area (Å²) in [6.07, 6.45) is 1.19. The van der Waals surface area contributed by atoms with Crippen LogP contribution in [-0.4, -0.2) is 36.6 Å². The average Bonchev–Trinajstić information content (AvgIpc) is 3.03. The van der Waals surface area contributed by atoms with E-state index in [1.165, 1.54) is 19.6 Å². The van der Waals surface area contributed by atoms with E-state index in [0.29, 0.717) is 23.1 Å². The lowest BCUT2D eigenvalue weighted by Crippen LogP contribution is -2.29. The van der Waals surface area contributed by atoms with Gasteiger partial charge < -0.3 is 14.7 Å². The minimum atomic E-state index is -0.144. The van der Waals surface area contributed by atoms with Crippen molar-refractivity contribution in [3.05, 3.63) is 23.8 Å². The number of carbonyl (C=O) groups is 1. The van der Waals surface area contributed by atoms with Crippen LogP contribution in [0.2, 0.25) is 0 Å². The number of phenolic OH excluding ortho intramolecular Hbond substituents is 1. The molecule has 0 spiro atoms. The highest BCUT2D eigenvalue weighted by molar-refractivity contribution is 5.96. The minimum Gasteiger partial charge on any atom is -0.507 e. The molecule has 1 aromatic rings. The summed E-state index contributed by atoms with van der Waals surface area (Å²) in [4.78, 5) is 13.8. The molecule has 1 amide bonds. The fourth-order valence-electron chi connectivity index (χ4n) is 2.11. The van der Waals surface area contributed by atoms with Crippen LogP contribution in [0.25, 0.3) is 0 Å². The first kappa shape index (κ1) is 12.7. The molecule has 4 nitrogen and oxygen atoms in total. The molecule has 0 aromatic heterocycles. The highest BCUT2D eigenvalue weighted by Crippen LogP contribution is 2.38. The van der Waals surface area contributed by atoms with E-state index >= 15 is 0 Å². The van der Waals surface area contributed by atoms with E-state index in [1.54, 1.807) is 24.1 Å². The number of aromatic hydroxyl groups is 1. The number of nitrogens with zero attached hydrogens (tertiary/aromatic N) is 1. The summed E-state index contributed by atoms with van der Waals surface area (Å²) < 4.78 is 4.99. The van der Waals surface area contributed by atoms with E-state index in [1.807, 2.05) is 0 Å². The van der Waals surface area contributed by atoms with Crippen molar-refractivity contribution in [1.29, 1.82) is 0 Å². The van der Waals surface area contributed by atoms with Crippen LogP contribution in [0.1, 0.15) is 23.7 Å². The summed E-state index contributed by atoms with van der Waals surface area (Å²) in [6, 6.07) is 4.74. The second-order valence-electron chi connectivity index (χ2n) is 5.04. The summed E-state index contributed by atoms with van der Waals surface area (Å²) in [5.74, 6) is 1.69. The molecule has 2 rings (SSSR count). The summed E-state index contributed by atoms with van der Waals surface area (Å²) in [5.41, 5.74) is 0.326. The van der Waals surface area contributed by atoms with Crippen molar-refractivity contribution in [1.82, 2.24) is 4.90 Å². The van der Waals surface area contributed by atoms with Gasteiger partial charge in [-0.05, 0) is 30.4 Å². The number of ether oxygens (including phenoxy) is 1. The van der Waals surface area contributed by atoms with E-state index in [2.05, 4.69) is 6.92 Å². The van der Waals surface area contributed by atoms with Gasteiger partial charge in [0.2, 0.25) is 0 Å². The molecule has 1 N–H and O–H groups in total. The zero-order valence-corrected chi connectivity index (χ0v) is 11.0. The average molecular weight is 249 g/mol. The second kappa shape index (κ2) is 4.88. The predicted octanol–water partition coefficient (Wildman–Crippen LogP) is 2.13. The second-order valence-corrected chi connectivity index (χ2v) is 5.04. The van der Waals surface area contributed by atoms with Crippen LogP contribution in [0, 0.1) is 11.8 Å². The van der Waals surface area contributed by atoms with Gasteiger partial charge >= 0.3 is 0 Å². The monoisotopic (exact) mass is 249 g/mol. The smallest absolute Gasteiger partial charge is 0.257 e. The molecule has 2 unspecified atom stereocenters. The Bertz CT molecular complexity index is 458. The molecular weight excluding hydrogens is 230 g/mol. The molecule has 0 bridgehead atoms. The Hall–Kier alpha value is -1.71. The third-order valence-electron chi connectivity index (χ3n) is 3.57. The number of carbonyl (C=O) groups excluding carboxylic acids is 1. The molecule has 2 atom stereocenters. The van der Waals surface area contributed by atoms with Crippen LogP contribution in [0.15, 0.2) is 18.2 Å². The molecule has 18 heavy (non-hydrogen) atoms. The molecule has 1 aliphatic rings. The highest BCUT2D eigenvalue weighted by Gasteiger charge is 2.34. The summed E-state index contributed by atoms with van der Waals surface area (Å²) in [6.45, 7) is 2.94. The van der Waals surface area contributed by atoms with Gasteiger partial charge in [-0.3, -0.25) is 4.79 Å². The topological polar surface area (TPSA) is 49.8 Å². The van der Waals surface area contributed by atoms with Gasteiger partial charge in [-0.25, -0.2) is 0 Å². The van der Waals surface area contributed by atoms with Crippen molar-refractivity contribution in [2.24, 2.45) is 11.8 Å². The molecule has 98 valence electrons. The molecule has 0 heterocycles. The van der Waals surface area contributed by atoms with Crippen LogP contribution in [0.5, 0.6) is 11.5 Å². The summed E-state index contributed by atoms with van der Waals surface area (Å²) in [5, 5.41) is 9.82. The van der Waals surface area contributed by atoms with Gasteiger partial charge in [0, 0.05) is 19.7 Å². The first-order valence-corrected chi connectivity index (χ1v) is 6.15. The Morgan fingerprint density at radius 1 is 1.56 bits per heavy atom. The van der Waals surface area contributed by atoms with Crippen molar-refractivity contribution in [2.75, 3.05) is 20.7 Å². The van der Waals surface area contributed by atoms with Crippen molar-refractivity contribution in [3.8, 4) is 11.5 Å². The fraction of sp³-hybridized carbons (Fsp3) is 0.500. The Morgan fingerprint density at radius 2 is 2.22 bits per heavy atom. The Labute approximate surface area is 107 Å². The molecule has 1 saturated carbocycles. The van der Waals surface area contributed by atoms with Crippen LogP contribution in [-0.2, 0) is 0 Å². The Balaban J connectivity index is 2.07. The maximum Gasteiger partial charge on any atom is 0.257 e. The fourth-order valence-corrected chi connectivity index (χ4v) is 2.11. The lowest BCUT2D eigenvalue weighted by atomic mass is 10.1. The molecule has 1 fully saturated rings. The quantitative estimate of drug-likeness (QED) is 0.889. The van der Waals surface area contributed by atoms with Crippen LogP contribution in [0.3, 0.4) is 0 Å². The van der Waals surface area contributed by atoms with Gasteiger partial charge in [0.15, 0.2) is 0 Å². The van der Waals surface area contributed by atoms with Gasteiger partial charge in [-0.1, -0.05) is 6.92 Å². The van der Waals surface area contributed by atoms with Crippen LogP contribution >= 0.6 is 0 Å². The predicted molar refractivity (Wildman–Crippen MR) is 68.9 cm³/mol. The highest BCUT2D eigenvalue weighted by atomic mass is 16.5. The third kappa shape index (κ3) is 2.58. The number of phenols is 1. The van der Waals surface area contributed by atoms with E-state index in [-0.39, 0.29) is 11.7 Å². The number of rotatable bonds is 4.